The third kappa shape index (κ3) is 5.37. The maximum Gasteiger partial charge on any atom is 0.206 e. The van der Waals surface area contributed by atoms with Gasteiger partial charge < -0.3 is 10.1 Å². The zero-order valence-electron chi connectivity index (χ0n) is 12.6. The van der Waals surface area contributed by atoms with E-state index >= 15 is 0 Å². The van der Waals surface area contributed by atoms with Crippen molar-refractivity contribution in [3.63, 3.8) is 0 Å². The van der Waals surface area contributed by atoms with Gasteiger partial charge in [0.2, 0.25) is 6.41 Å². The maximum atomic E-state index is 13.7. The van der Waals surface area contributed by atoms with Crippen LogP contribution in [-0.4, -0.2) is 13.5 Å². The molecule has 0 aliphatic heterocycles. The Hall–Kier alpha value is -2.07. The third-order valence-corrected chi connectivity index (χ3v) is 3.24. The van der Waals surface area contributed by atoms with Crippen LogP contribution in [0.1, 0.15) is 18.1 Å². The molecule has 118 valence electrons. The molecule has 0 radical (unpaired) electrons. The van der Waals surface area contributed by atoms with Gasteiger partial charge in [-0.25, -0.2) is 4.39 Å². The molecule has 0 saturated heterocycles. The number of carbonyl (C=O) groups excluding carboxylic acids is 1. The van der Waals surface area contributed by atoms with Crippen LogP contribution in [-0.2, 0) is 17.8 Å². The standard InChI is InChI=1S/C15H14ClFO.C2H5NO/c1-2-11-6-5-8-14(17)12(11)10-18-15-9-4-3-7-13(15)16;1-3-2-4/h3-9H,2,10H2,1H3;2H,1H3,(H,3,4). The van der Waals surface area contributed by atoms with Crippen molar-refractivity contribution in [2.24, 2.45) is 0 Å². The molecule has 2 aromatic rings. The molecule has 0 aliphatic rings. The molecular weight excluding hydrogens is 305 g/mol. The first kappa shape index (κ1) is 18.0. The number of hydrogen-bond acceptors (Lipinski definition) is 2. The minimum Gasteiger partial charge on any atom is -0.487 e. The number of nitrogens with one attached hydrogen (secondary N) is 1. The van der Waals surface area contributed by atoms with Crippen LogP contribution in [0.25, 0.3) is 0 Å². The molecular formula is C17H19ClFNO2. The Morgan fingerprint density at radius 3 is 2.50 bits per heavy atom. The summed E-state index contributed by atoms with van der Waals surface area (Å²) in [7, 11) is 1.56. The molecule has 0 heterocycles. The summed E-state index contributed by atoms with van der Waals surface area (Å²) in [6.45, 7) is 2.19. The molecule has 0 unspecified atom stereocenters. The van der Waals surface area contributed by atoms with E-state index in [1.807, 2.05) is 25.1 Å². The fourth-order valence-corrected chi connectivity index (χ4v) is 2.00. The van der Waals surface area contributed by atoms with Gasteiger partial charge in [-0.1, -0.05) is 42.8 Å². The van der Waals surface area contributed by atoms with Gasteiger partial charge >= 0.3 is 0 Å². The molecule has 0 fully saturated rings. The maximum absolute atomic E-state index is 13.7. The summed E-state index contributed by atoms with van der Waals surface area (Å²) < 4.78 is 19.3. The Morgan fingerprint density at radius 1 is 1.23 bits per heavy atom. The van der Waals surface area contributed by atoms with Gasteiger partial charge in [-0.05, 0) is 30.2 Å². The van der Waals surface area contributed by atoms with Crippen molar-refractivity contribution in [1.82, 2.24) is 5.32 Å². The smallest absolute Gasteiger partial charge is 0.206 e. The van der Waals surface area contributed by atoms with Gasteiger partial charge in [0.05, 0.1) is 5.02 Å². The quantitative estimate of drug-likeness (QED) is 0.845. The minimum atomic E-state index is -0.235. The number of ether oxygens (including phenoxy) is 1. The zero-order valence-corrected chi connectivity index (χ0v) is 13.4. The first-order chi connectivity index (χ1) is 10.6. The molecule has 22 heavy (non-hydrogen) atoms. The Kier molecular flexibility index (Phi) is 8.00. The second-order valence-corrected chi connectivity index (χ2v) is 4.76. The van der Waals surface area contributed by atoms with Gasteiger partial charge in [0, 0.05) is 12.6 Å². The van der Waals surface area contributed by atoms with E-state index in [0.29, 0.717) is 22.7 Å². The second-order valence-electron chi connectivity index (χ2n) is 4.36. The van der Waals surface area contributed by atoms with Gasteiger partial charge in [0.15, 0.2) is 0 Å². The lowest BCUT2D eigenvalue weighted by molar-refractivity contribution is -0.109. The van der Waals surface area contributed by atoms with Crippen molar-refractivity contribution in [1.29, 1.82) is 0 Å². The average Bonchev–Trinajstić information content (AvgIpc) is 2.55. The van der Waals surface area contributed by atoms with Crippen LogP contribution in [0.2, 0.25) is 5.02 Å². The molecule has 2 rings (SSSR count). The number of carbonyl (C=O) groups is 1. The number of para-hydroxylation sites is 1. The summed E-state index contributed by atoms with van der Waals surface area (Å²) in [6, 6.07) is 12.3. The van der Waals surface area contributed by atoms with Crippen LogP contribution < -0.4 is 10.1 Å². The molecule has 5 heteroatoms. The van der Waals surface area contributed by atoms with E-state index in [4.69, 9.17) is 21.1 Å². The van der Waals surface area contributed by atoms with Gasteiger partial charge in [-0.3, -0.25) is 4.79 Å². The minimum absolute atomic E-state index is 0.194. The first-order valence-electron chi connectivity index (χ1n) is 6.88. The summed E-state index contributed by atoms with van der Waals surface area (Å²) >= 11 is 5.99. The lowest BCUT2D eigenvalue weighted by Gasteiger charge is -2.11. The lowest BCUT2D eigenvalue weighted by Crippen LogP contribution is -2.03. The zero-order chi connectivity index (χ0) is 16.4. The summed E-state index contributed by atoms with van der Waals surface area (Å²) in [5.41, 5.74) is 1.56. The number of hydrogen-bond donors (Lipinski definition) is 1. The van der Waals surface area contributed by atoms with Gasteiger partial charge in [-0.15, -0.1) is 0 Å². The Balaban J connectivity index is 0.000000541. The van der Waals surface area contributed by atoms with Crippen LogP contribution in [0.3, 0.4) is 0 Å². The topological polar surface area (TPSA) is 38.3 Å². The molecule has 2 aromatic carbocycles. The van der Waals surface area contributed by atoms with Crippen molar-refractivity contribution in [3.8, 4) is 5.75 Å². The highest BCUT2D eigenvalue weighted by Gasteiger charge is 2.08. The van der Waals surface area contributed by atoms with Crippen LogP contribution in [0, 0.1) is 5.82 Å². The highest BCUT2D eigenvalue weighted by atomic mass is 35.5. The van der Waals surface area contributed by atoms with Crippen LogP contribution in [0.4, 0.5) is 4.39 Å². The molecule has 0 saturated carbocycles. The molecule has 0 aliphatic carbocycles. The highest BCUT2D eigenvalue weighted by Crippen LogP contribution is 2.25. The summed E-state index contributed by atoms with van der Waals surface area (Å²) in [4.78, 5) is 9.06. The number of rotatable bonds is 5. The summed E-state index contributed by atoms with van der Waals surface area (Å²) in [5.74, 6) is 0.339. The van der Waals surface area contributed by atoms with Crippen molar-refractivity contribution in [2.75, 3.05) is 7.05 Å². The van der Waals surface area contributed by atoms with E-state index in [1.165, 1.54) is 6.07 Å². The highest BCUT2D eigenvalue weighted by molar-refractivity contribution is 6.32. The molecule has 1 N–H and O–H groups in total. The van der Waals surface area contributed by atoms with E-state index in [9.17, 15) is 4.39 Å². The van der Waals surface area contributed by atoms with Crippen LogP contribution in [0.5, 0.6) is 5.75 Å². The van der Waals surface area contributed by atoms with Crippen molar-refractivity contribution < 1.29 is 13.9 Å². The number of halogens is 2. The van der Waals surface area contributed by atoms with Crippen molar-refractivity contribution >= 4 is 18.0 Å². The largest absolute Gasteiger partial charge is 0.487 e. The summed E-state index contributed by atoms with van der Waals surface area (Å²) in [6.07, 6.45) is 1.40. The molecule has 0 aromatic heterocycles. The third-order valence-electron chi connectivity index (χ3n) is 2.92. The van der Waals surface area contributed by atoms with E-state index in [1.54, 1.807) is 25.2 Å². The van der Waals surface area contributed by atoms with E-state index in [2.05, 4.69) is 5.32 Å². The predicted octanol–water partition coefficient (Wildman–Crippen LogP) is 3.98. The number of benzene rings is 2. The lowest BCUT2D eigenvalue weighted by atomic mass is 10.1. The SMILES string of the molecule is CCc1cccc(F)c1COc1ccccc1Cl.CNC=O. The van der Waals surface area contributed by atoms with Gasteiger partial charge in [0.1, 0.15) is 18.2 Å². The first-order valence-corrected chi connectivity index (χ1v) is 7.26. The summed E-state index contributed by atoms with van der Waals surface area (Å²) in [5, 5.41) is 2.78. The number of aryl methyl sites for hydroxylation is 1. The Bertz CT molecular complexity index is 605. The van der Waals surface area contributed by atoms with Gasteiger partial charge in [0.25, 0.3) is 0 Å². The van der Waals surface area contributed by atoms with E-state index < -0.39 is 0 Å². The van der Waals surface area contributed by atoms with Crippen molar-refractivity contribution in [3.05, 3.63) is 64.4 Å². The van der Waals surface area contributed by atoms with Crippen LogP contribution in [0.15, 0.2) is 42.5 Å². The van der Waals surface area contributed by atoms with E-state index in [-0.39, 0.29) is 12.4 Å². The molecule has 0 atom stereocenters. The Labute approximate surface area is 135 Å². The Morgan fingerprint density at radius 2 is 1.91 bits per heavy atom. The molecule has 0 bridgehead atoms. The average molecular weight is 324 g/mol. The van der Waals surface area contributed by atoms with E-state index in [0.717, 1.165) is 12.0 Å². The normalized spacial score (nSPS) is 9.45. The monoisotopic (exact) mass is 323 g/mol. The molecule has 1 amide bonds. The van der Waals surface area contributed by atoms with Gasteiger partial charge in [-0.2, -0.15) is 0 Å². The van der Waals surface area contributed by atoms with Crippen molar-refractivity contribution in [2.45, 2.75) is 20.0 Å². The predicted molar refractivity (Wildman–Crippen MR) is 86.7 cm³/mol. The molecule has 3 nitrogen and oxygen atoms in total. The molecule has 0 spiro atoms. The fraction of sp³-hybridized carbons (Fsp3) is 0.235. The second kappa shape index (κ2) is 9.79. The fourth-order valence-electron chi connectivity index (χ4n) is 1.81. The van der Waals surface area contributed by atoms with Crippen LogP contribution >= 0.6 is 11.6 Å². The number of amides is 1.